The third-order valence-electron chi connectivity index (χ3n) is 2.10. The number of rotatable bonds is 0. The maximum atomic E-state index is 8.25. The van der Waals surface area contributed by atoms with E-state index in [9.17, 15) is 0 Å². The van der Waals surface area contributed by atoms with Crippen LogP contribution < -0.4 is 10.2 Å². The zero-order chi connectivity index (χ0) is 16.3. The Morgan fingerprint density at radius 3 is 1.81 bits per heavy atom. The minimum Gasteiger partial charge on any atom is -0.857 e. The van der Waals surface area contributed by atoms with E-state index in [1.807, 2.05) is 61.5 Å². The predicted octanol–water partition coefficient (Wildman–Crippen LogP) is 2.27. The summed E-state index contributed by atoms with van der Waals surface area (Å²) in [5.74, 6) is 0. The van der Waals surface area contributed by atoms with Crippen LogP contribution in [0.15, 0.2) is 72.8 Å². The van der Waals surface area contributed by atoms with Crippen molar-refractivity contribution < 1.29 is 30.2 Å². The molecule has 3 aromatic carbocycles. The quantitative estimate of drug-likeness (QED) is 0.471. The number of fused-ring (bicyclic) bond motifs is 1. The van der Waals surface area contributed by atoms with Gasteiger partial charge in [-0.2, -0.15) is 49.9 Å². The molecule has 0 spiro atoms. The maximum absolute atomic E-state index is 8.25. The topological polar surface area (TPSA) is 46.1 Å². The van der Waals surface area contributed by atoms with Gasteiger partial charge in [-0.3, -0.25) is 0 Å². The van der Waals surface area contributed by atoms with Gasteiger partial charge in [0, 0.05) is 0 Å². The summed E-state index contributed by atoms with van der Waals surface area (Å²) in [6, 6.07) is 24.7. The first-order chi connectivity index (χ1) is 10.4. The van der Waals surface area contributed by atoms with Crippen LogP contribution in [0.25, 0.3) is 10.8 Å². The molecule has 0 atom stereocenters. The van der Waals surface area contributed by atoms with E-state index in [1.165, 1.54) is 10.8 Å². The van der Waals surface area contributed by atoms with Crippen LogP contribution >= 0.6 is 0 Å². The molecule has 3 rings (SSSR count). The fourth-order valence-electron chi connectivity index (χ4n) is 1.39. The van der Waals surface area contributed by atoms with Gasteiger partial charge in [-0.1, -0.05) is 6.07 Å². The fourth-order valence-corrected chi connectivity index (χ4v) is 1.39. The Morgan fingerprint density at radius 1 is 0.857 bits per heavy atom. The summed E-state index contributed by atoms with van der Waals surface area (Å²) in [6.45, 7) is 2.00. The van der Waals surface area contributed by atoms with Gasteiger partial charge in [-0.25, -0.2) is 12.1 Å². The molecule has 0 heterocycles. The van der Waals surface area contributed by atoms with Crippen LogP contribution in [-0.4, -0.2) is 18.5 Å². The van der Waals surface area contributed by atoms with Gasteiger partial charge < -0.3 is 10.2 Å². The van der Waals surface area contributed by atoms with E-state index in [0.717, 1.165) is 14.2 Å². The summed E-state index contributed by atoms with van der Waals surface area (Å²) in [5, 5.41) is 19.2. The number of benzene rings is 1. The monoisotopic (exact) mass is 318 g/mol. The SMILES string of the molecule is C[CH]=[Ti+2].C[O-].C[O-].c1cc[cH-]c1.c1ccc2[cH-]ccc2c1. The molecular weight excluding hydrogens is 296 g/mol. The zero-order valence-electron chi connectivity index (χ0n) is 12.8. The van der Waals surface area contributed by atoms with Crippen LogP contribution in [0.1, 0.15) is 6.92 Å². The fraction of sp³-hybridized carbons (Fsp3) is 0.167. The second-order valence-corrected chi connectivity index (χ2v) is 4.31. The predicted molar refractivity (Wildman–Crippen MR) is 85.2 cm³/mol. The summed E-state index contributed by atoms with van der Waals surface area (Å²) in [5.41, 5.74) is 0. The molecule has 112 valence electrons. The van der Waals surface area contributed by atoms with Gasteiger partial charge in [-0.15, -0.1) is 29.7 Å². The van der Waals surface area contributed by atoms with Crippen LogP contribution in [0.3, 0.4) is 0 Å². The van der Waals surface area contributed by atoms with Crippen molar-refractivity contribution in [2.45, 2.75) is 6.92 Å². The molecule has 0 amide bonds. The first kappa shape index (κ1) is 22.0. The molecular formula is C18H22O2Ti-2. The first-order valence-electron chi connectivity index (χ1n) is 6.42. The Bertz CT molecular complexity index is 465. The van der Waals surface area contributed by atoms with E-state index in [0.29, 0.717) is 0 Å². The minimum atomic E-state index is 0.750. The number of hydrogen-bond acceptors (Lipinski definition) is 2. The molecule has 0 aliphatic rings. The molecule has 0 bridgehead atoms. The molecule has 21 heavy (non-hydrogen) atoms. The van der Waals surface area contributed by atoms with Crippen molar-refractivity contribution in [2.75, 3.05) is 14.2 Å². The summed E-state index contributed by atoms with van der Waals surface area (Å²) in [6.07, 6.45) is 0. The van der Waals surface area contributed by atoms with Gasteiger partial charge >= 0.3 is 31.2 Å². The molecule has 0 radical (unpaired) electrons. The van der Waals surface area contributed by atoms with E-state index in [-0.39, 0.29) is 0 Å². The smallest absolute Gasteiger partial charge is 0.0809 e. The molecule has 0 aliphatic carbocycles. The summed E-state index contributed by atoms with van der Waals surface area (Å²) < 4.78 is 2.00. The van der Waals surface area contributed by atoms with Crippen molar-refractivity contribution in [3.8, 4) is 0 Å². The number of hydrogen-bond donors (Lipinski definition) is 0. The maximum Gasteiger partial charge on any atom is -0.0809 e. The summed E-state index contributed by atoms with van der Waals surface area (Å²) in [7, 11) is 1.50. The summed E-state index contributed by atoms with van der Waals surface area (Å²) in [4.78, 5) is 0. The van der Waals surface area contributed by atoms with Gasteiger partial charge in [0.15, 0.2) is 0 Å². The second kappa shape index (κ2) is 18.7. The molecule has 0 aliphatic heterocycles. The summed E-state index contributed by atoms with van der Waals surface area (Å²) >= 11 is 2.00. The molecule has 2 nitrogen and oxygen atoms in total. The molecule has 0 aromatic heterocycles. The average molecular weight is 318 g/mol. The van der Waals surface area contributed by atoms with Crippen LogP contribution in [0.5, 0.6) is 0 Å². The van der Waals surface area contributed by atoms with Crippen LogP contribution in [0.4, 0.5) is 0 Å². The van der Waals surface area contributed by atoms with E-state index in [4.69, 9.17) is 10.2 Å². The average Bonchev–Trinajstić information content (AvgIpc) is 3.26. The van der Waals surface area contributed by atoms with Crippen molar-refractivity contribution in [1.82, 2.24) is 0 Å². The standard InChI is InChI=1S/C9H7.C5H5.C2H4.2CH3O.Ti/c1-2-5-9-7-3-6-8(9)4-1;1-2-4-5-3-1;3*1-2;/h1-7H;1-5H;1H,2H3;2*1H3;/q2*-1;;2*-1;+2. The third kappa shape index (κ3) is 12.2. The van der Waals surface area contributed by atoms with Gasteiger partial charge in [0.25, 0.3) is 0 Å². The second-order valence-electron chi connectivity index (χ2n) is 3.41. The molecule has 3 heteroatoms. The molecule has 0 saturated carbocycles. The van der Waals surface area contributed by atoms with Crippen LogP contribution in [0.2, 0.25) is 0 Å². The Hall–Kier alpha value is -1.32. The molecule has 3 aromatic rings. The first-order valence-corrected chi connectivity index (χ1v) is 7.32. The van der Waals surface area contributed by atoms with E-state index < -0.39 is 0 Å². The van der Waals surface area contributed by atoms with Gasteiger partial charge in [0.05, 0.1) is 0 Å². The largest absolute Gasteiger partial charge is 0.857 e. The van der Waals surface area contributed by atoms with E-state index in [2.05, 4.69) is 42.5 Å². The third-order valence-corrected chi connectivity index (χ3v) is 2.10. The van der Waals surface area contributed by atoms with Crippen molar-refractivity contribution in [3.63, 3.8) is 0 Å². The Kier molecular flexibility index (Phi) is 19.6. The van der Waals surface area contributed by atoms with Crippen LogP contribution in [-0.2, 0) is 20.0 Å². The normalized spacial score (nSPS) is 7.57. The minimum absolute atomic E-state index is 0.750. The molecule has 0 unspecified atom stereocenters. The van der Waals surface area contributed by atoms with Gasteiger partial charge in [0.2, 0.25) is 0 Å². The van der Waals surface area contributed by atoms with E-state index >= 15 is 0 Å². The Labute approximate surface area is 139 Å². The van der Waals surface area contributed by atoms with Gasteiger partial charge in [0.1, 0.15) is 0 Å². The molecule has 0 saturated heterocycles. The van der Waals surface area contributed by atoms with Crippen molar-refractivity contribution >= 4 is 15.1 Å². The Balaban J connectivity index is 0. The molecule has 0 fully saturated rings. The van der Waals surface area contributed by atoms with Crippen molar-refractivity contribution in [1.29, 1.82) is 0 Å². The zero-order valence-corrected chi connectivity index (χ0v) is 14.4. The molecule has 0 N–H and O–H groups in total. The Morgan fingerprint density at radius 2 is 1.38 bits per heavy atom. The van der Waals surface area contributed by atoms with Crippen LogP contribution in [0, 0.1) is 0 Å². The van der Waals surface area contributed by atoms with Crippen molar-refractivity contribution in [2.24, 2.45) is 0 Å². The van der Waals surface area contributed by atoms with Crippen molar-refractivity contribution in [3.05, 3.63) is 72.8 Å². The van der Waals surface area contributed by atoms with Gasteiger partial charge in [-0.05, 0) is 0 Å². The van der Waals surface area contributed by atoms with E-state index in [1.54, 1.807) is 0 Å².